The maximum Gasteiger partial charge on any atom is 0.347 e. The molecule has 6 heteroatoms. The summed E-state index contributed by atoms with van der Waals surface area (Å²) in [6.45, 7) is 2.16. The number of likely N-dealkylation sites (tertiary alicyclic amines) is 1. The second-order valence-electron chi connectivity index (χ2n) is 4.06. The van der Waals surface area contributed by atoms with Crippen molar-refractivity contribution in [1.82, 2.24) is 9.88 Å². The third-order valence-electron chi connectivity index (χ3n) is 2.76. The molecule has 1 aliphatic heterocycles. The lowest BCUT2D eigenvalue weighted by atomic mass is 10.1. The third-order valence-corrected chi connectivity index (χ3v) is 3.68. The van der Waals surface area contributed by atoms with Crippen molar-refractivity contribution in [3.8, 4) is 0 Å². The first-order valence-corrected chi connectivity index (χ1v) is 6.11. The van der Waals surface area contributed by atoms with Gasteiger partial charge in [-0.05, 0) is 33.0 Å². The number of hydrogen-bond acceptors (Lipinski definition) is 5. The van der Waals surface area contributed by atoms with E-state index >= 15 is 0 Å². The summed E-state index contributed by atoms with van der Waals surface area (Å²) in [6.07, 6.45) is 3.57. The maximum atomic E-state index is 10.7. The summed E-state index contributed by atoms with van der Waals surface area (Å²) in [7, 11) is 2.11. The molecule has 5 nitrogen and oxygen atoms in total. The molecule has 1 aromatic heterocycles. The van der Waals surface area contributed by atoms with E-state index in [-0.39, 0.29) is 4.88 Å². The Kier molecular flexibility index (Phi) is 3.40. The van der Waals surface area contributed by atoms with Crippen LogP contribution < -0.4 is 5.32 Å². The fraction of sp³-hybridized carbons (Fsp3) is 0.600. The van der Waals surface area contributed by atoms with Crippen molar-refractivity contribution in [2.45, 2.75) is 18.9 Å². The number of aromatic carboxylic acids is 1. The number of thiazole rings is 1. The Morgan fingerprint density at radius 3 is 2.88 bits per heavy atom. The van der Waals surface area contributed by atoms with E-state index in [4.69, 9.17) is 5.11 Å². The van der Waals surface area contributed by atoms with Crippen molar-refractivity contribution in [3.05, 3.63) is 11.1 Å². The summed E-state index contributed by atoms with van der Waals surface area (Å²) < 4.78 is 0. The summed E-state index contributed by atoms with van der Waals surface area (Å²) in [5.41, 5.74) is 0. The van der Waals surface area contributed by atoms with E-state index in [9.17, 15) is 4.79 Å². The van der Waals surface area contributed by atoms with Crippen LogP contribution in [0, 0.1) is 0 Å². The average Bonchev–Trinajstić information content (AvgIpc) is 2.70. The van der Waals surface area contributed by atoms with Gasteiger partial charge in [0.1, 0.15) is 4.88 Å². The van der Waals surface area contributed by atoms with Gasteiger partial charge in [-0.25, -0.2) is 9.78 Å². The Balaban J connectivity index is 1.91. The topological polar surface area (TPSA) is 65.5 Å². The van der Waals surface area contributed by atoms with Gasteiger partial charge in [0, 0.05) is 6.04 Å². The maximum absolute atomic E-state index is 10.7. The van der Waals surface area contributed by atoms with Gasteiger partial charge in [0.15, 0.2) is 5.13 Å². The lowest BCUT2D eigenvalue weighted by Gasteiger charge is -2.29. The molecule has 0 spiro atoms. The molecule has 2 rings (SSSR count). The van der Waals surface area contributed by atoms with Crippen molar-refractivity contribution in [3.63, 3.8) is 0 Å². The molecule has 0 amide bonds. The van der Waals surface area contributed by atoms with Crippen molar-refractivity contribution < 1.29 is 9.90 Å². The summed E-state index contributed by atoms with van der Waals surface area (Å²) in [6, 6.07) is 0.420. The Bertz CT molecular complexity index is 372. The largest absolute Gasteiger partial charge is 0.477 e. The quantitative estimate of drug-likeness (QED) is 0.836. The van der Waals surface area contributed by atoms with E-state index in [1.165, 1.54) is 17.5 Å². The van der Waals surface area contributed by atoms with Crippen LogP contribution in [0.5, 0.6) is 0 Å². The Morgan fingerprint density at radius 1 is 1.62 bits per heavy atom. The van der Waals surface area contributed by atoms with Gasteiger partial charge in [0.2, 0.25) is 0 Å². The van der Waals surface area contributed by atoms with Crippen LogP contribution in [0.25, 0.3) is 0 Å². The lowest BCUT2D eigenvalue weighted by Crippen LogP contribution is -2.36. The van der Waals surface area contributed by atoms with Crippen LogP contribution in [0.2, 0.25) is 0 Å². The average molecular weight is 241 g/mol. The highest BCUT2D eigenvalue weighted by Gasteiger charge is 2.18. The highest BCUT2D eigenvalue weighted by Crippen LogP contribution is 2.21. The fourth-order valence-electron chi connectivity index (χ4n) is 1.77. The number of rotatable bonds is 3. The molecule has 2 N–H and O–H groups in total. The van der Waals surface area contributed by atoms with Gasteiger partial charge >= 0.3 is 5.97 Å². The van der Waals surface area contributed by atoms with Crippen LogP contribution in [0.15, 0.2) is 6.20 Å². The summed E-state index contributed by atoms with van der Waals surface area (Å²) in [5, 5.41) is 12.8. The van der Waals surface area contributed by atoms with E-state index in [2.05, 4.69) is 22.2 Å². The molecule has 2 heterocycles. The summed E-state index contributed by atoms with van der Waals surface area (Å²) >= 11 is 1.20. The number of carbonyl (C=O) groups is 1. The van der Waals surface area contributed by atoms with Crippen LogP contribution in [-0.4, -0.2) is 47.1 Å². The van der Waals surface area contributed by atoms with Crippen molar-refractivity contribution >= 4 is 22.4 Å². The number of anilines is 1. The van der Waals surface area contributed by atoms with Gasteiger partial charge in [0.05, 0.1) is 6.20 Å². The zero-order chi connectivity index (χ0) is 11.5. The van der Waals surface area contributed by atoms with Crippen LogP contribution in [0.4, 0.5) is 5.13 Å². The number of carboxylic acid groups (broad SMARTS) is 1. The molecule has 0 saturated carbocycles. The molecule has 16 heavy (non-hydrogen) atoms. The van der Waals surface area contributed by atoms with Gasteiger partial charge in [-0.2, -0.15) is 0 Å². The minimum absolute atomic E-state index is 0.287. The minimum atomic E-state index is -0.908. The van der Waals surface area contributed by atoms with Gasteiger partial charge in [-0.1, -0.05) is 11.3 Å². The van der Waals surface area contributed by atoms with Crippen LogP contribution in [-0.2, 0) is 0 Å². The van der Waals surface area contributed by atoms with Gasteiger partial charge in [0.25, 0.3) is 0 Å². The molecule has 0 atom stereocenters. The van der Waals surface area contributed by atoms with Crippen LogP contribution in [0.3, 0.4) is 0 Å². The van der Waals surface area contributed by atoms with Gasteiger partial charge < -0.3 is 15.3 Å². The second kappa shape index (κ2) is 4.80. The predicted octanol–water partition coefficient (Wildman–Crippen LogP) is 1.35. The molecule has 0 aliphatic carbocycles. The minimum Gasteiger partial charge on any atom is -0.477 e. The van der Waals surface area contributed by atoms with E-state index in [0.29, 0.717) is 11.2 Å². The first-order chi connectivity index (χ1) is 7.65. The third kappa shape index (κ3) is 2.70. The van der Waals surface area contributed by atoms with Crippen molar-refractivity contribution in [2.75, 3.05) is 25.5 Å². The molecule has 1 aromatic rings. The molecule has 88 valence electrons. The Hall–Kier alpha value is -1.14. The Morgan fingerprint density at radius 2 is 2.31 bits per heavy atom. The number of carboxylic acids is 1. The molecule has 1 fully saturated rings. The molecule has 0 radical (unpaired) electrons. The molecule has 0 unspecified atom stereocenters. The highest BCUT2D eigenvalue weighted by atomic mass is 32.1. The normalized spacial score (nSPS) is 18.6. The summed E-state index contributed by atoms with van der Waals surface area (Å²) in [4.78, 5) is 17.3. The van der Waals surface area contributed by atoms with E-state index < -0.39 is 5.97 Å². The SMILES string of the molecule is CN1CCC(Nc2ncc(C(=O)O)s2)CC1. The molecule has 1 aliphatic rings. The van der Waals surface area contributed by atoms with Crippen molar-refractivity contribution in [2.24, 2.45) is 0 Å². The molecule has 1 saturated heterocycles. The first kappa shape index (κ1) is 11.3. The molecular weight excluding hydrogens is 226 g/mol. The van der Waals surface area contributed by atoms with Crippen molar-refractivity contribution in [1.29, 1.82) is 0 Å². The number of hydrogen-bond donors (Lipinski definition) is 2. The predicted molar refractivity (Wildman–Crippen MR) is 63.2 cm³/mol. The number of piperidine rings is 1. The molecule has 0 bridgehead atoms. The van der Waals surface area contributed by atoms with E-state index in [1.807, 2.05) is 0 Å². The zero-order valence-electron chi connectivity index (χ0n) is 9.14. The van der Waals surface area contributed by atoms with E-state index in [0.717, 1.165) is 25.9 Å². The molecular formula is C10H15N3O2S. The smallest absolute Gasteiger partial charge is 0.347 e. The fourth-order valence-corrected chi connectivity index (χ4v) is 2.50. The van der Waals surface area contributed by atoms with Gasteiger partial charge in [-0.3, -0.25) is 0 Å². The second-order valence-corrected chi connectivity index (χ2v) is 5.09. The molecule has 0 aromatic carbocycles. The number of nitrogens with one attached hydrogen (secondary N) is 1. The van der Waals surface area contributed by atoms with Gasteiger partial charge in [-0.15, -0.1) is 0 Å². The highest BCUT2D eigenvalue weighted by molar-refractivity contribution is 7.17. The van der Waals surface area contributed by atoms with Crippen LogP contribution >= 0.6 is 11.3 Å². The number of aromatic nitrogens is 1. The first-order valence-electron chi connectivity index (χ1n) is 5.29. The monoisotopic (exact) mass is 241 g/mol. The Labute approximate surface area is 98.1 Å². The standard InChI is InChI=1S/C10H15N3O2S/c1-13-4-2-7(3-5-13)12-10-11-6-8(16-10)9(14)15/h6-7H,2-5H2,1H3,(H,11,12)(H,14,15). The zero-order valence-corrected chi connectivity index (χ0v) is 9.96. The number of nitrogens with zero attached hydrogens (tertiary/aromatic N) is 2. The lowest BCUT2D eigenvalue weighted by molar-refractivity contribution is 0.0702. The van der Waals surface area contributed by atoms with E-state index in [1.54, 1.807) is 0 Å². The summed E-state index contributed by atoms with van der Waals surface area (Å²) in [5.74, 6) is -0.908. The van der Waals surface area contributed by atoms with Crippen LogP contribution in [0.1, 0.15) is 22.5 Å².